The van der Waals surface area contributed by atoms with Crippen LogP contribution < -0.4 is 5.32 Å². The minimum Gasteiger partial charge on any atom is -0.349 e. The highest BCUT2D eigenvalue weighted by molar-refractivity contribution is 7.99. The second kappa shape index (κ2) is 8.56. The summed E-state index contributed by atoms with van der Waals surface area (Å²) < 4.78 is 0. The van der Waals surface area contributed by atoms with Crippen LogP contribution in [0.15, 0.2) is 47.8 Å². The van der Waals surface area contributed by atoms with Crippen molar-refractivity contribution in [1.29, 1.82) is 0 Å². The summed E-state index contributed by atoms with van der Waals surface area (Å²) in [7, 11) is 0. The van der Waals surface area contributed by atoms with Gasteiger partial charge in [-0.3, -0.25) is 4.79 Å². The van der Waals surface area contributed by atoms with Crippen LogP contribution in [0, 0.1) is 5.92 Å². The molecular formula is C19H21ClN4OS. The molecule has 0 aliphatic carbocycles. The second-order valence-electron chi connectivity index (χ2n) is 6.52. The van der Waals surface area contributed by atoms with E-state index >= 15 is 0 Å². The van der Waals surface area contributed by atoms with Gasteiger partial charge in [0.2, 0.25) is 5.91 Å². The maximum absolute atomic E-state index is 12.4. The summed E-state index contributed by atoms with van der Waals surface area (Å²) in [5, 5.41) is 4.35. The Kier molecular flexibility index (Phi) is 6.16. The Balaban J connectivity index is 1.62. The standard InChI is InChI=1S/C19H21ClN4OS/c1-12(2)8-15(13-6-4-3-5-7-13)22-17(25)11-26-19-23-16-9-14(20)10-21-18(16)24-19/h3-7,9-10,12,15H,8,11H2,1-2H3,(H,22,25)(H,21,23,24)/t15-/m1/s1. The number of hydrogen-bond donors (Lipinski definition) is 2. The summed E-state index contributed by atoms with van der Waals surface area (Å²) >= 11 is 7.29. The number of imidazole rings is 1. The fourth-order valence-electron chi connectivity index (χ4n) is 2.73. The second-order valence-corrected chi connectivity index (χ2v) is 7.92. The molecule has 7 heteroatoms. The van der Waals surface area contributed by atoms with Crippen molar-refractivity contribution in [1.82, 2.24) is 20.3 Å². The molecule has 3 rings (SSSR count). The number of aromatic nitrogens is 3. The highest BCUT2D eigenvalue weighted by Gasteiger charge is 2.16. The van der Waals surface area contributed by atoms with Crippen molar-refractivity contribution in [2.75, 3.05) is 5.75 Å². The van der Waals surface area contributed by atoms with E-state index in [4.69, 9.17) is 11.6 Å². The van der Waals surface area contributed by atoms with Gasteiger partial charge in [0.15, 0.2) is 10.8 Å². The maximum Gasteiger partial charge on any atom is 0.230 e. The number of benzene rings is 1. The Morgan fingerprint density at radius 3 is 2.81 bits per heavy atom. The molecule has 0 radical (unpaired) electrons. The maximum atomic E-state index is 12.4. The Labute approximate surface area is 162 Å². The van der Waals surface area contributed by atoms with Crippen molar-refractivity contribution < 1.29 is 4.79 Å². The van der Waals surface area contributed by atoms with E-state index in [2.05, 4.69) is 46.2 Å². The topological polar surface area (TPSA) is 70.7 Å². The summed E-state index contributed by atoms with van der Waals surface area (Å²) in [5.74, 6) is 0.755. The Bertz CT molecular complexity index is 882. The van der Waals surface area contributed by atoms with E-state index in [1.807, 2.05) is 18.2 Å². The third kappa shape index (κ3) is 4.99. The van der Waals surface area contributed by atoms with Gasteiger partial charge < -0.3 is 10.3 Å². The van der Waals surface area contributed by atoms with E-state index in [-0.39, 0.29) is 17.7 Å². The number of halogens is 1. The first kappa shape index (κ1) is 18.7. The third-order valence-corrected chi connectivity index (χ3v) is 4.95. The summed E-state index contributed by atoms with van der Waals surface area (Å²) in [4.78, 5) is 24.1. The zero-order chi connectivity index (χ0) is 18.5. The van der Waals surface area contributed by atoms with Gasteiger partial charge >= 0.3 is 0 Å². The van der Waals surface area contributed by atoms with E-state index in [0.717, 1.165) is 17.5 Å². The van der Waals surface area contributed by atoms with Crippen molar-refractivity contribution >= 4 is 40.4 Å². The number of amides is 1. The highest BCUT2D eigenvalue weighted by atomic mass is 35.5. The molecule has 136 valence electrons. The van der Waals surface area contributed by atoms with Gasteiger partial charge in [0.05, 0.1) is 22.3 Å². The number of nitrogens with zero attached hydrogens (tertiary/aromatic N) is 2. The molecule has 0 aliphatic rings. The van der Waals surface area contributed by atoms with Crippen molar-refractivity contribution in [3.05, 3.63) is 53.2 Å². The molecule has 5 nitrogen and oxygen atoms in total. The fraction of sp³-hybridized carbons (Fsp3) is 0.316. The molecule has 0 saturated carbocycles. The summed E-state index contributed by atoms with van der Waals surface area (Å²) in [6.07, 6.45) is 2.45. The average Bonchev–Trinajstić information content (AvgIpc) is 3.02. The van der Waals surface area contributed by atoms with Crippen molar-refractivity contribution in [3.63, 3.8) is 0 Å². The Hall–Kier alpha value is -2.05. The van der Waals surface area contributed by atoms with Gasteiger partial charge in [0, 0.05) is 6.20 Å². The Morgan fingerprint density at radius 1 is 1.31 bits per heavy atom. The van der Waals surface area contributed by atoms with E-state index < -0.39 is 0 Å². The van der Waals surface area contributed by atoms with Crippen LogP contribution in [-0.4, -0.2) is 26.6 Å². The minimum atomic E-state index is -0.0176. The number of nitrogens with one attached hydrogen (secondary N) is 2. The van der Waals surface area contributed by atoms with Gasteiger partial charge in [-0.25, -0.2) is 9.97 Å². The van der Waals surface area contributed by atoms with Crippen LogP contribution in [0.4, 0.5) is 0 Å². The molecule has 0 unspecified atom stereocenters. The quantitative estimate of drug-likeness (QED) is 0.580. The number of H-pyrrole nitrogens is 1. The molecule has 26 heavy (non-hydrogen) atoms. The van der Waals surface area contributed by atoms with Gasteiger partial charge in [0.1, 0.15) is 0 Å². The monoisotopic (exact) mass is 388 g/mol. The number of carbonyl (C=O) groups excluding carboxylic acids is 1. The normalized spacial score (nSPS) is 12.5. The number of pyridine rings is 1. The van der Waals surface area contributed by atoms with Gasteiger partial charge in [-0.1, -0.05) is 67.5 Å². The molecular weight excluding hydrogens is 368 g/mol. The van der Waals surface area contributed by atoms with Gasteiger partial charge in [-0.05, 0) is 24.0 Å². The molecule has 0 aliphatic heterocycles. The number of hydrogen-bond acceptors (Lipinski definition) is 4. The smallest absolute Gasteiger partial charge is 0.230 e. The molecule has 2 heterocycles. The van der Waals surface area contributed by atoms with Crippen LogP contribution in [0.25, 0.3) is 11.2 Å². The molecule has 0 bridgehead atoms. The molecule has 0 spiro atoms. The fourth-order valence-corrected chi connectivity index (χ4v) is 3.57. The lowest BCUT2D eigenvalue weighted by Crippen LogP contribution is -2.30. The first-order valence-electron chi connectivity index (χ1n) is 8.49. The predicted octanol–water partition coefficient (Wildman–Crippen LogP) is 4.61. The molecule has 0 fully saturated rings. The number of carbonyl (C=O) groups is 1. The van der Waals surface area contributed by atoms with Crippen LogP contribution in [0.1, 0.15) is 31.9 Å². The lowest BCUT2D eigenvalue weighted by atomic mass is 9.97. The van der Waals surface area contributed by atoms with E-state index in [9.17, 15) is 4.79 Å². The highest BCUT2D eigenvalue weighted by Crippen LogP contribution is 2.23. The largest absolute Gasteiger partial charge is 0.349 e. The van der Waals surface area contributed by atoms with Crippen LogP contribution >= 0.6 is 23.4 Å². The zero-order valence-electron chi connectivity index (χ0n) is 14.7. The number of aromatic amines is 1. The van der Waals surface area contributed by atoms with Gasteiger partial charge in [-0.15, -0.1) is 0 Å². The molecule has 2 N–H and O–H groups in total. The predicted molar refractivity (Wildman–Crippen MR) is 106 cm³/mol. The van der Waals surface area contributed by atoms with Gasteiger partial charge in [0.25, 0.3) is 0 Å². The number of fused-ring (bicyclic) bond motifs is 1. The zero-order valence-corrected chi connectivity index (χ0v) is 16.3. The Morgan fingerprint density at radius 2 is 2.08 bits per heavy atom. The molecule has 2 aromatic heterocycles. The SMILES string of the molecule is CC(C)C[C@@H](NC(=O)CSc1nc2ncc(Cl)cc2[nH]1)c1ccccc1. The summed E-state index contributed by atoms with van der Waals surface area (Å²) in [6, 6.07) is 11.9. The lowest BCUT2D eigenvalue weighted by Gasteiger charge is -2.21. The first-order chi connectivity index (χ1) is 12.5. The van der Waals surface area contributed by atoms with E-state index in [1.54, 1.807) is 12.3 Å². The van der Waals surface area contributed by atoms with E-state index in [1.165, 1.54) is 11.8 Å². The average molecular weight is 389 g/mol. The van der Waals surface area contributed by atoms with Crippen molar-refractivity contribution in [2.45, 2.75) is 31.5 Å². The van der Waals surface area contributed by atoms with Crippen molar-refractivity contribution in [2.24, 2.45) is 5.92 Å². The first-order valence-corrected chi connectivity index (χ1v) is 9.86. The van der Waals surface area contributed by atoms with Crippen LogP contribution in [-0.2, 0) is 4.79 Å². The molecule has 1 amide bonds. The molecule has 0 saturated heterocycles. The number of thioether (sulfide) groups is 1. The molecule has 3 aromatic rings. The minimum absolute atomic E-state index is 0.0143. The molecule has 1 atom stereocenters. The molecule has 1 aromatic carbocycles. The summed E-state index contributed by atoms with van der Waals surface area (Å²) in [6.45, 7) is 4.31. The van der Waals surface area contributed by atoms with E-state index in [0.29, 0.717) is 21.7 Å². The van der Waals surface area contributed by atoms with Crippen LogP contribution in [0.3, 0.4) is 0 Å². The van der Waals surface area contributed by atoms with Crippen LogP contribution in [0.5, 0.6) is 0 Å². The lowest BCUT2D eigenvalue weighted by molar-refractivity contribution is -0.119. The third-order valence-electron chi connectivity index (χ3n) is 3.87. The van der Waals surface area contributed by atoms with Crippen molar-refractivity contribution in [3.8, 4) is 0 Å². The van der Waals surface area contributed by atoms with Gasteiger partial charge in [-0.2, -0.15) is 0 Å². The number of rotatable bonds is 7. The van der Waals surface area contributed by atoms with Crippen LogP contribution in [0.2, 0.25) is 5.02 Å². The summed E-state index contributed by atoms with van der Waals surface area (Å²) in [5.41, 5.74) is 2.49.